The first-order chi connectivity index (χ1) is 11.4. The fraction of sp³-hybridized carbons (Fsp3) is 0.400. The first-order valence-corrected chi connectivity index (χ1v) is 7.82. The van der Waals surface area contributed by atoms with E-state index < -0.39 is 17.3 Å². The second-order valence-corrected chi connectivity index (χ2v) is 6.00. The third-order valence-corrected chi connectivity index (χ3v) is 4.29. The molecule has 2 heterocycles. The van der Waals surface area contributed by atoms with E-state index in [1.165, 1.54) is 6.20 Å². The molecule has 1 fully saturated rings. The van der Waals surface area contributed by atoms with E-state index in [1.807, 2.05) is 0 Å². The molecule has 0 radical (unpaired) electrons. The van der Waals surface area contributed by atoms with E-state index in [2.05, 4.69) is 15.4 Å². The minimum absolute atomic E-state index is 0.0256. The van der Waals surface area contributed by atoms with Crippen LogP contribution in [-0.2, 0) is 6.18 Å². The first-order valence-electron chi connectivity index (χ1n) is 7.44. The molecule has 3 rings (SSSR count). The lowest BCUT2D eigenvalue weighted by Gasteiger charge is -2.15. The van der Waals surface area contributed by atoms with Crippen molar-refractivity contribution in [1.29, 1.82) is 0 Å². The molecular formula is C15H14ClF3N4O. The highest BCUT2D eigenvalue weighted by Gasteiger charge is 2.30. The van der Waals surface area contributed by atoms with Crippen LogP contribution < -0.4 is 10.9 Å². The Morgan fingerprint density at radius 1 is 1.21 bits per heavy atom. The molecule has 24 heavy (non-hydrogen) atoms. The van der Waals surface area contributed by atoms with Gasteiger partial charge < -0.3 is 5.32 Å². The Kier molecular flexibility index (Phi) is 4.49. The molecule has 0 aromatic carbocycles. The standard InChI is InChI=1S/C15H14ClF3N4O/c16-13-11(22-10-3-1-2-4-10)8-21-23(14(13)24)12-6-5-9(7-20-12)15(17,18)19/h5-8,10,22H,1-4H2. The molecule has 5 nitrogen and oxygen atoms in total. The fourth-order valence-corrected chi connectivity index (χ4v) is 2.85. The summed E-state index contributed by atoms with van der Waals surface area (Å²) >= 11 is 6.09. The van der Waals surface area contributed by atoms with Crippen molar-refractivity contribution in [2.75, 3.05) is 5.32 Å². The molecule has 0 bridgehead atoms. The third kappa shape index (κ3) is 3.38. The van der Waals surface area contributed by atoms with E-state index in [-0.39, 0.29) is 16.9 Å². The smallest absolute Gasteiger partial charge is 0.380 e. The number of anilines is 1. The van der Waals surface area contributed by atoms with Gasteiger partial charge in [-0.3, -0.25) is 4.79 Å². The van der Waals surface area contributed by atoms with Crippen LogP contribution in [0.5, 0.6) is 0 Å². The number of pyridine rings is 1. The molecule has 0 unspecified atom stereocenters. The number of hydrogen-bond acceptors (Lipinski definition) is 4. The minimum atomic E-state index is -4.49. The molecule has 0 spiro atoms. The summed E-state index contributed by atoms with van der Waals surface area (Å²) in [5.74, 6) is -0.0256. The van der Waals surface area contributed by atoms with E-state index in [0.717, 1.165) is 42.5 Å². The van der Waals surface area contributed by atoms with Crippen molar-refractivity contribution in [3.05, 3.63) is 45.5 Å². The van der Waals surface area contributed by atoms with E-state index in [1.54, 1.807) is 0 Å². The average molecular weight is 359 g/mol. The Balaban J connectivity index is 1.89. The van der Waals surface area contributed by atoms with Crippen LogP contribution in [-0.4, -0.2) is 20.8 Å². The Hall–Kier alpha value is -2.09. The van der Waals surface area contributed by atoms with Crippen molar-refractivity contribution in [3.8, 4) is 5.82 Å². The van der Waals surface area contributed by atoms with Crippen LogP contribution in [0.3, 0.4) is 0 Å². The first kappa shape index (κ1) is 16.8. The van der Waals surface area contributed by atoms with Crippen LogP contribution in [0.15, 0.2) is 29.3 Å². The van der Waals surface area contributed by atoms with Gasteiger partial charge in [0.25, 0.3) is 5.56 Å². The van der Waals surface area contributed by atoms with Crippen molar-refractivity contribution >= 4 is 17.3 Å². The molecule has 9 heteroatoms. The number of hydrogen-bond donors (Lipinski definition) is 1. The lowest BCUT2D eigenvalue weighted by atomic mass is 10.2. The SMILES string of the molecule is O=c1c(Cl)c(NC2CCCC2)cnn1-c1ccc(C(F)(F)F)cn1. The second kappa shape index (κ2) is 6.43. The van der Waals surface area contributed by atoms with Gasteiger partial charge in [0, 0.05) is 12.2 Å². The van der Waals surface area contributed by atoms with E-state index in [0.29, 0.717) is 11.9 Å². The summed E-state index contributed by atoms with van der Waals surface area (Å²) in [6.07, 6.45) is 1.80. The van der Waals surface area contributed by atoms with Gasteiger partial charge in [-0.2, -0.15) is 23.0 Å². The molecule has 0 saturated heterocycles. The number of alkyl halides is 3. The molecule has 128 valence electrons. The molecule has 2 aromatic rings. The Morgan fingerprint density at radius 3 is 2.50 bits per heavy atom. The molecule has 0 amide bonds. The minimum Gasteiger partial charge on any atom is -0.380 e. The summed E-state index contributed by atoms with van der Waals surface area (Å²) in [7, 11) is 0. The van der Waals surface area contributed by atoms with Gasteiger partial charge >= 0.3 is 6.18 Å². The summed E-state index contributed by atoms with van der Waals surface area (Å²) < 4.78 is 38.6. The van der Waals surface area contributed by atoms with Crippen molar-refractivity contribution in [1.82, 2.24) is 14.8 Å². The Bertz CT molecular complexity index is 783. The summed E-state index contributed by atoms with van der Waals surface area (Å²) in [5, 5.41) is 7.08. The van der Waals surface area contributed by atoms with Crippen molar-refractivity contribution in [3.63, 3.8) is 0 Å². The van der Waals surface area contributed by atoms with Crippen LogP contribution in [0.4, 0.5) is 18.9 Å². The summed E-state index contributed by atoms with van der Waals surface area (Å²) in [4.78, 5) is 16.0. The summed E-state index contributed by atoms with van der Waals surface area (Å²) in [5.41, 5.74) is -1.10. The highest BCUT2D eigenvalue weighted by atomic mass is 35.5. The van der Waals surface area contributed by atoms with E-state index in [9.17, 15) is 18.0 Å². The fourth-order valence-electron chi connectivity index (χ4n) is 2.67. The van der Waals surface area contributed by atoms with Crippen molar-refractivity contribution in [2.45, 2.75) is 37.9 Å². The molecule has 1 aliphatic rings. The van der Waals surface area contributed by atoms with Crippen LogP contribution >= 0.6 is 11.6 Å². The topological polar surface area (TPSA) is 59.8 Å². The van der Waals surface area contributed by atoms with Crippen LogP contribution in [0, 0.1) is 0 Å². The zero-order chi connectivity index (χ0) is 17.3. The lowest BCUT2D eigenvalue weighted by molar-refractivity contribution is -0.137. The predicted molar refractivity (Wildman–Crippen MR) is 83.5 cm³/mol. The largest absolute Gasteiger partial charge is 0.417 e. The van der Waals surface area contributed by atoms with Crippen molar-refractivity contribution in [2.24, 2.45) is 0 Å². The number of aromatic nitrogens is 3. The summed E-state index contributed by atoms with van der Waals surface area (Å²) in [6, 6.07) is 2.18. The molecule has 1 N–H and O–H groups in total. The normalized spacial score (nSPS) is 15.7. The van der Waals surface area contributed by atoms with E-state index >= 15 is 0 Å². The van der Waals surface area contributed by atoms with Gasteiger partial charge in [-0.05, 0) is 25.0 Å². The molecule has 2 aromatic heterocycles. The quantitative estimate of drug-likeness (QED) is 0.909. The lowest BCUT2D eigenvalue weighted by Crippen LogP contribution is -2.25. The highest BCUT2D eigenvalue weighted by Crippen LogP contribution is 2.29. The predicted octanol–water partition coefficient (Wildman–Crippen LogP) is 3.65. The van der Waals surface area contributed by atoms with Gasteiger partial charge in [-0.15, -0.1) is 0 Å². The number of halogens is 4. The van der Waals surface area contributed by atoms with Gasteiger partial charge in [-0.1, -0.05) is 24.4 Å². The maximum Gasteiger partial charge on any atom is 0.417 e. The van der Waals surface area contributed by atoms with Gasteiger partial charge in [0.15, 0.2) is 5.82 Å². The number of nitrogens with zero attached hydrogens (tertiary/aromatic N) is 3. The third-order valence-electron chi connectivity index (χ3n) is 3.93. The highest BCUT2D eigenvalue weighted by molar-refractivity contribution is 6.32. The maximum absolute atomic E-state index is 12.6. The van der Waals surface area contributed by atoms with Crippen LogP contribution in [0.25, 0.3) is 5.82 Å². The second-order valence-electron chi connectivity index (χ2n) is 5.62. The van der Waals surface area contributed by atoms with Crippen molar-refractivity contribution < 1.29 is 13.2 Å². The van der Waals surface area contributed by atoms with Gasteiger partial charge in [-0.25, -0.2) is 4.98 Å². The molecule has 0 aliphatic heterocycles. The van der Waals surface area contributed by atoms with Gasteiger partial charge in [0.2, 0.25) is 0 Å². The monoisotopic (exact) mass is 358 g/mol. The van der Waals surface area contributed by atoms with Crippen LogP contribution in [0.1, 0.15) is 31.2 Å². The molecule has 1 aliphatic carbocycles. The summed E-state index contributed by atoms with van der Waals surface area (Å²) in [6.45, 7) is 0. The van der Waals surface area contributed by atoms with Gasteiger partial charge in [0.1, 0.15) is 5.02 Å². The van der Waals surface area contributed by atoms with Crippen LogP contribution in [0.2, 0.25) is 5.02 Å². The van der Waals surface area contributed by atoms with Gasteiger partial charge in [0.05, 0.1) is 17.4 Å². The van der Waals surface area contributed by atoms with E-state index in [4.69, 9.17) is 11.6 Å². The average Bonchev–Trinajstić information content (AvgIpc) is 3.04. The zero-order valence-electron chi connectivity index (χ0n) is 12.5. The number of nitrogens with one attached hydrogen (secondary N) is 1. The maximum atomic E-state index is 12.6. The number of rotatable bonds is 3. The Morgan fingerprint density at radius 2 is 1.92 bits per heavy atom. The molecule has 1 saturated carbocycles. The molecule has 0 atom stereocenters. The molecular weight excluding hydrogens is 345 g/mol. The Labute approximate surface area is 140 Å². The zero-order valence-corrected chi connectivity index (χ0v) is 13.2.